The van der Waals surface area contributed by atoms with Crippen LogP contribution >= 0.6 is 0 Å². The minimum absolute atomic E-state index is 0.0121. The first-order chi connectivity index (χ1) is 8.98. The van der Waals surface area contributed by atoms with Crippen molar-refractivity contribution in [3.8, 4) is 0 Å². The summed E-state index contributed by atoms with van der Waals surface area (Å²) in [4.78, 5) is 14.5. The molecule has 102 valence electrons. The largest absolute Gasteiger partial charge is 0.478 e. The molecule has 2 heterocycles. The van der Waals surface area contributed by atoms with E-state index < -0.39 is 16.0 Å². The molecule has 1 aromatic heterocycles. The minimum atomic E-state index is -3.58. The fraction of sp³-hybridized carbons (Fsp3) is 0.500. The summed E-state index contributed by atoms with van der Waals surface area (Å²) in [6, 6.07) is 2.64. The van der Waals surface area contributed by atoms with Crippen LogP contribution in [0.1, 0.15) is 29.6 Å². The Balaban J connectivity index is 1.90. The molecule has 0 radical (unpaired) electrons. The van der Waals surface area contributed by atoms with Crippen LogP contribution in [0.4, 0.5) is 0 Å². The molecule has 1 N–H and O–H groups in total. The Morgan fingerprint density at radius 3 is 2.63 bits per heavy atom. The number of hydrogen-bond donors (Lipinski definition) is 1. The van der Waals surface area contributed by atoms with Crippen molar-refractivity contribution >= 4 is 16.0 Å². The van der Waals surface area contributed by atoms with Gasteiger partial charge in [-0.15, -0.1) is 0 Å². The van der Waals surface area contributed by atoms with Crippen molar-refractivity contribution in [3.05, 3.63) is 23.9 Å². The van der Waals surface area contributed by atoms with Crippen molar-refractivity contribution in [2.75, 3.05) is 6.54 Å². The molecule has 1 aromatic rings. The molecule has 0 amide bonds. The Kier molecular flexibility index (Phi) is 2.83. The summed E-state index contributed by atoms with van der Waals surface area (Å²) in [6.07, 6.45) is 4.04. The van der Waals surface area contributed by atoms with Crippen LogP contribution in [0.15, 0.2) is 23.4 Å². The van der Waals surface area contributed by atoms with Crippen LogP contribution in [0, 0.1) is 5.92 Å². The minimum Gasteiger partial charge on any atom is -0.478 e. The van der Waals surface area contributed by atoms with Gasteiger partial charge in [-0.1, -0.05) is 0 Å². The number of hydrogen-bond acceptors (Lipinski definition) is 4. The van der Waals surface area contributed by atoms with E-state index in [1.54, 1.807) is 0 Å². The van der Waals surface area contributed by atoms with Crippen LogP contribution in [-0.4, -0.2) is 41.4 Å². The molecule has 2 fully saturated rings. The quantitative estimate of drug-likeness (QED) is 0.892. The molecule has 1 saturated heterocycles. The molecular formula is C12H14N2O4S. The average Bonchev–Trinajstić information content (AvgIpc) is 3.01. The second-order valence-electron chi connectivity index (χ2n) is 5.10. The van der Waals surface area contributed by atoms with Crippen LogP contribution in [0.5, 0.6) is 0 Å². The SMILES string of the molecule is O=C(O)c1ccc(S(=O)(=O)N2CC3CCC2C3)nc1. The number of piperidine rings is 1. The number of sulfonamides is 1. The van der Waals surface area contributed by atoms with Gasteiger partial charge in [0.2, 0.25) is 0 Å². The third-order valence-electron chi connectivity index (χ3n) is 3.92. The van der Waals surface area contributed by atoms with Crippen molar-refractivity contribution in [2.45, 2.75) is 30.3 Å². The number of carboxylic acid groups (broad SMARTS) is 1. The van der Waals surface area contributed by atoms with Crippen molar-refractivity contribution in [1.29, 1.82) is 0 Å². The molecule has 1 aliphatic carbocycles. The lowest BCUT2D eigenvalue weighted by Crippen LogP contribution is -2.38. The number of fused-ring (bicyclic) bond motifs is 2. The zero-order valence-corrected chi connectivity index (χ0v) is 11.0. The summed E-state index contributed by atoms with van der Waals surface area (Å²) in [6.45, 7) is 0.565. The first kappa shape index (κ1) is 12.6. The molecule has 0 spiro atoms. The van der Waals surface area contributed by atoms with E-state index >= 15 is 0 Å². The first-order valence-electron chi connectivity index (χ1n) is 6.19. The Labute approximate surface area is 111 Å². The van der Waals surface area contributed by atoms with Crippen molar-refractivity contribution in [2.24, 2.45) is 5.92 Å². The standard InChI is InChI=1S/C12H14N2O4S/c15-12(16)9-2-4-11(13-6-9)19(17,18)14-7-8-1-3-10(14)5-8/h2,4,6,8,10H,1,3,5,7H2,(H,15,16). The average molecular weight is 282 g/mol. The Hall–Kier alpha value is -1.47. The number of aromatic carboxylic acids is 1. The molecule has 2 unspecified atom stereocenters. The number of carbonyl (C=O) groups is 1. The summed E-state index contributed by atoms with van der Waals surface area (Å²) >= 11 is 0. The lowest BCUT2D eigenvalue weighted by molar-refractivity contribution is 0.0696. The molecule has 2 bridgehead atoms. The highest BCUT2D eigenvalue weighted by Crippen LogP contribution is 2.40. The second-order valence-corrected chi connectivity index (χ2v) is 6.94. The Bertz CT molecular complexity index is 611. The van der Waals surface area contributed by atoms with Gasteiger partial charge in [0.05, 0.1) is 5.56 Å². The van der Waals surface area contributed by atoms with E-state index in [0.717, 1.165) is 25.5 Å². The van der Waals surface area contributed by atoms with Crippen LogP contribution < -0.4 is 0 Å². The lowest BCUT2D eigenvalue weighted by atomic mass is 10.1. The number of pyridine rings is 1. The Morgan fingerprint density at radius 1 is 1.37 bits per heavy atom. The van der Waals surface area contributed by atoms with Gasteiger partial charge in [-0.25, -0.2) is 18.2 Å². The van der Waals surface area contributed by atoms with Crippen LogP contribution in [0.25, 0.3) is 0 Å². The van der Waals surface area contributed by atoms with Gasteiger partial charge < -0.3 is 5.11 Å². The molecule has 6 nitrogen and oxygen atoms in total. The maximum atomic E-state index is 12.4. The zero-order chi connectivity index (χ0) is 13.6. The van der Waals surface area contributed by atoms with Gasteiger partial charge in [0, 0.05) is 18.8 Å². The molecule has 7 heteroatoms. The summed E-state index contributed by atoms with van der Waals surface area (Å²) in [5.41, 5.74) is -0.0121. The van der Waals surface area contributed by atoms with Crippen LogP contribution in [0.2, 0.25) is 0 Å². The fourth-order valence-electron chi connectivity index (χ4n) is 2.95. The third-order valence-corrected chi connectivity index (χ3v) is 5.75. The summed E-state index contributed by atoms with van der Waals surface area (Å²) in [7, 11) is -3.58. The molecule has 0 aromatic carbocycles. The molecule has 2 aliphatic rings. The summed E-state index contributed by atoms with van der Waals surface area (Å²) in [5, 5.41) is 8.71. The summed E-state index contributed by atoms with van der Waals surface area (Å²) in [5.74, 6) is -0.644. The van der Waals surface area contributed by atoms with E-state index in [-0.39, 0.29) is 16.6 Å². The monoisotopic (exact) mass is 282 g/mol. The maximum Gasteiger partial charge on any atom is 0.337 e. The smallest absolute Gasteiger partial charge is 0.337 e. The van der Waals surface area contributed by atoms with Gasteiger partial charge >= 0.3 is 5.97 Å². The first-order valence-corrected chi connectivity index (χ1v) is 7.63. The number of carboxylic acids is 1. The van der Waals surface area contributed by atoms with Gasteiger partial charge in [0.1, 0.15) is 0 Å². The van der Waals surface area contributed by atoms with E-state index in [1.165, 1.54) is 16.4 Å². The molecule has 1 saturated carbocycles. The van der Waals surface area contributed by atoms with Crippen molar-refractivity contribution < 1.29 is 18.3 Å². The Morgan fingerprint density at radius 2 is 2.16 bits per heavy atom. The van der Waals surface area contributed by atoms with Crippen molar-refractivity contribution in [1.82, 2.24) is 9.29 Å². The molecule has 2 atom stereocenters. The third kappa shape index (κ3) is 2.02. The zero-order valence-electron chi connectivity index (χ0n) is 10.2. The number of rotatable bonds is 3. The lowest BCUT2D eigenvalue weighted by Gasteiger charge is -2.25. The van der Waals surface area contributed by atoms with Gasteiger partial charge in [-0.2, -0.15) is 4.31 Å². The number of aromatic nitrogens is 1. The number of nitrogens with zero attached hydrogens (tertiary/aromatic N) is 2. The second kappa shape index (κ2) is 4.28. The van der Waals surface area contributed by atoms with Crippen molar-refractivity contribution in [3.63, 3.8) is 0 Å². The summed E-state index contributed by atoms with van der Waals surface area (Å²) < 4.78 is 26.4. The van der Waals surface area contributed by atoms with Gasteiger partial charge in [0.25, 0.3) is 10.0 Å². The van der Waals surface area contributed by atoms with E-state index in [0.29, 0.717) is 12.5 Å². The molecule has 19 heavy (non-hydrogen) atoms. The predicted octanol–water partition coefficient (Wildman–Crippen LogP) is 0.953. The molecule has 1 aliphatic heterocycles. The van der Waals surface area contributed by atoms with E-state index in [9.17, 15) is 13.2 Å². The highest BCUT2D eigenvalue weighted by Gasteiger charge is 2.44. The normalized spacial score (nSPS) is 26.7. The van der Waals surface area contributed by atoms with E-state index in [4.69, 9.17) is 5.11 Å². The van der Waals surface area contributed by atoms with Gasteiger partial charge in [-0.3, -0.25) is 0 Å². The maximum absolute atomic E-state index is 12.4. The van der Waals surface area contributed by atoms with E-state index in [2.05, 4.69) is 4.98 Å². The highest BCUT2D eigenvalue weighted by molar-refractivity contribution is 7.89. The highest BCUT2D eigenvalue weighted by atomic mass is 32.2. The van der Waals surface area contributed by atoms with Crippen LogP contribution in [0.3, 0.4) is 0 Å². The molecule has 3 rings (SSSR count). The van der Waals surface area contributed by atoms with E-state index in [1.807, 2.05) is 0 Å². The van der Waals surface area contributed by atoms with Crippen LogP contribution in [-0.2, 0) is 10.0 Å². The predicted molar refractivity (Wildman–Crippen MR) is 66.2 cm³/mol. The molecular weight excluding hydrogens is 268 g/mol. The topological polar surface area (TPSA) is 87.6 Å². The van der Waals surface area contributed by atoms with Gasteiger partial charge in [0.15, 0.2) is 5.03 Å². The van der Waals surface area contributed by atoms with Gasteiger partial charge in [-0.05, 0) is 37.3 Å². The fourth-order valence-corrected chi connectivity index (χ4v) is 4.61.